The summed E-state index contributed by atoms with van der Waals surface area (Å²) >= 11 is 0. The van der Waals surface area contributed by atoms with Gasteiger partial charge < -0.3 is 15.5 Å². The molecule has 0 unspecified atom stereocenters. The number of carbonyl (C=O) groups is 1. The van der Waals surface area contributed by atoms with Gasteiger partial charge in [0.05, 0.1) is 16.6 Å². The van der Waals surface area contributed by atoms with Crippen LogP contribution in [0.4, 0.5) is 10.2 Å². The third-order valence-corrected chi connectivity index (χ3v) is 5.39. The van der Waals surface area contributed by atoms with Gasteiger partial charge in [-0.2, -0.15) is 0 Å². The minimum Gasteiger partial charge on any atom is -0.355 e. The van der Waals surface area contributed by atoms with Crippen LogP contribution in [0.15, 0.2) is 36.4 Å². The second kappa shape index (κ2) is 6.97. The number of nitrogens with zero attached hydrogens (tertiary/aromatic N) is 4. The number of anilines is 1. The van der Waals surface area contributed by atoms with E-state index < -0.39 is 0 Å². The Balaban J connectivity index is 1.84. The fourth-order valence-corrected chi connectivity index (χ4v) is 3.99. The topological polar surface area (TPSA) is 74.6 Å². The van der Waals surface area contributed by atoms with Crippen LogP contribution in [-0.2, 0) is 0 Å². The normalized spacial score (nSPS) is 15.2. The summed E-state index contributed by atoms with van der Waals surface area (Å²) in [5.41, 5.74) is 3.09. The summed E-state index contributed by atoms with van der Waals surface area (Å²) in [5, 5.41) is 6.54. The van der Waals surface area contributed by atoms with E-state index in [1.165, 1.54) is 6.07 Å². The largest absolute Gasteiger partial charge is 0.355 e. The lowest BCUT2D eigenvalue weighted by Gasteiger charge is -2.22. The average molecular weight is 392 g/mol. The molecule has 3 aromatic heterocycles. The molecule has 1 fully saturated rings. The number of rotatable bonds is 2. The van der Waals surface area contributed by atoms with Gasteiger partial charge in [0.2, 0.25) is 0 Å². The zero-order valence-electron chi connectivity index (χ0n) is 16.1. The predicted molar refractivity (Wildman–Crippen MR) is 111 cm³/mol. The zero-order chi connectivity index (χ0) is 20.0. The summed E-state index contributed by atoms with van der Waals surface area (Å²) in [4.78, 5) is 23.9. The smallest absolute Gasteiger partial charge is 0.254 e. The molecule has 8 heteroatoms. The molecule has 1 aliphatic heterocycles. The van der Waals surface area contributed by atoms with E-state index in [1.807, 2.05) is 33.6 Å². The van der Waals surface area contributed by atoms with Crippen molar-refractivity contribution in [2.24, 2.45) is 0 Å². The van der Waals surface area contributed by atoms with Crippen molar-refractivity contribution >= 4 is 39.4 Å². The van der Waals surface area contributed by atoms with Crippen molar-refractivity contribution in [2.45, 2.75) is 6.42 Å². The molecule has 2 N–H and O–H groups in total. The van der Waals surface area contributed by atoms with E-state index in [4.69, 9.17) is 4.98 Å². The van der Waals surface area contributed by atoms with Gasteiger partial charge in [0, 0.05) is 32.1 Å². The first-order valence-electron chi connectivity index (χ1n) is 9.75. The van der Waals surface area contributed by atoms with Crippen LogP contribution in [0.25, 0.3) is 27.7 Å². The van der Waals surface area contributed by atoms with Crippen molar-refractivity contribution in [2.75, 3.05) is 38.1 Å². The molecule has 29 heavy (non-hydrogen) atoms. The van der Waals surface area contributed by atoms with Crippen LogP contribution in [0.3, 0.4) is 0 Å². The Morgan fingerprint density at radius 3 is 2.86 bits per heavy atom. The van der Waals surface area contributed by atoms with Gasteiger partial charge in [0.15, 0.2) is 17.3 Å². The number of pyridine rings is 2. The van der Waals surface area contributed by atoms with E-state index in [2.05, 4.69) is 15.6 Å². The minimum atomic E-state index is -0.383. The monoisotopic (exact) mass is 392 g/mol. The first-order valence-corrected chi connectivity index (χ1v) is 9.75. The number of hydrogen-bond acceptors (Lipinski definition) is 5. The van der Waals surface area contributed by atoms with Crippen LogP contribution in [0.2, 0.25) is 0 Å². The standard InChI is InChI=1S/C21H21FN6O/c1-23-21(29)14-11-13-12-15(22)20(27-9-4-7-24-8-10-27)26-18(13)28-17-6-3-2-5-16(17)25-19(14)28/h2-3,5-6,11-12,24H,4,7-10H2,1H3,(H,23,29). The molecule has 7 nitrogen and oxygen atoms in total. The average Bonchev–Trinajstić information content (AvgIpc) is 2.92. The number of fused-ring (bicyclic) bond motifs is 5. The van der Waals surface area contributed by atoms with Gasteiger partial charge in [0.1, 0.15) is 5.65 Å². The summed E-state index contributed by atoms with van der Waals surface area (Å²) in [6.45, 7) is 3.14. The second-order valence-electron chi connectivity index (χ2n) is 7.19. The maximum atomic E-state index is 15.0. The lowest BCUT2D eigenvalue weighted by atomic mass is 10.1. The Morgan fingerprint density at radius 2 is 2.00 bits per heavy atom. The first kappa shape index (κ1) is 17.8. The molecule has 148 valence electrons. The number of para-hydroxylation sites is 2. The van der Waals surface area contributed by atoms with E-state index >= 15 is 4.39 Å². The van der Waals surface area contributed by atoms with Crippen LogP contribution in [0.5, 0.6) is 0 Å². The van der Waals surface area contributed by atoms with Gasteiger partial charge in [-0.05, 0) is 37.2 Å². The number of carbonyl (C=O) groups excluding carboxylic acids is 1. The van der Waals surface area contributed by atoms with Crippen molar-refractivity contribution in [1.29, 1.82) is 0 Å². The van der Waals surface area contributed by atoms with Crippen molar-refractivity contribution < 1.29 is 9.18 Å². The molecule has 0 radical (unpaired) electrons. The molecule has 4 aromatic rings. The Kier molecular flexibility index (Phi) is 4.28. The lowest BCUT2D eigenvalue weighted by Crippen LogP contribution is -2.29. The molecule has 1 saturated heterocycles. The molecule has 1 aliphatic rings. The molecule has 1 amide bonds. The summed E-state index contributed by atoms with van der Waals surface area (Å²) in [6.07, 6.45) is 0.929. The van der Waals surface area contributed by atoms with Crippen LogP contribution in [0, 0.1) is 5.82 Å². The first-order chi connectivity index (χ1) is 14.2. The molecule has 0 spiro atoms. The maximum Gasteiger partial charge on any atom is 0.254 e. The van der Waals surface area contributed by atoms with E-state index in [-0.39, 0.29) is 11.7 Å². The SMILES string of the molecule is CNC(=O)c1cc2cc(F)c(N3CCCNCC3)nc2n2c1nc1ccccc12. The molecule has 4 heterocycles. The highest BCUT2D eigenvalue weighted by Crippen LogP contribution is 2.29. The summed E-state index contributed by atoms with van der Waals surface area (Å²) in [6, 6.07) is 10.8. The molecule has 0 aliphatic carbocycles. The third kappa shape index (κ3) is 2.87. The molecule has 0 atom stereocenters. The van der Waals surface area contributed by atoms with Gasteiger partial charge in [-0.15, -0.1) is 0 Å². The number of nitrogens with one attached hydrogen (secondary N) is 2. The zero-order valence-corrected chi connectivity index (χ0v) is 16.1. The highest BCUT2D eigenvalue weighted by Gasteiger charge is 2.21. The number of aromatic nitrogens is 3. The molecule has 0 saturated carbocycles. The van der Waals surface area contributed by atoms with E-state index in [0.717, 1.165) is 37.1 Å². The Bertz CT molecular complexity index is 1240. The summed E-state index contributed by atoms with van der Waals surface area (Å²) in [5.74, 6) is -0.311. The lowest BCUT2D eigenvalue weighted by molar-refractivity contribution is 0.0964. The Labute approximate surface area is 166 Å². The van der Waals surface area contributed by atoms with E-state index in [9.17, 15) is 4.79 Å². The van der Waals surface area contributed by atoms with Crippen molar-refractivity contribution in [3.8, 4) is 0 Å². The summed E-state index contributed by atoms with van der Waals surface area (Å²) in [7, 11) is 1.57. The fraction of sp³-hybridized carbons (Fsp3) is 0.286. The third-order valence-electron chi connectivity index (χ3n) is 5.39. The van der Waals surface area contributed by atoms with Crippen LogP contribution in [-0.4, -0.2) is 53.5 Å². The van der Waals surface area contributed by atoms with Crippen LogP contribution in [0.1, 0.15) is 16.8 Å². The number of benzene rings is 1. The van der Waals surface area contributed by atoms with Crippen LogP contribution < -0.4 is 15.5 Å². The molecule has 5 rings (SSSR count). The van der Waals surface area contributed by atoms with Gasteiger partial charge in [0.25, 0.3) is 5.91 Å². The summed E-state index contributed by atoms with van der Waals surface area (Å²) < 4.78 is 16.9. The Morgan fingerprint density at radius 1 is 1.14 bits per heavy atom. The van der Waals surface area contributed by atoms with Gasteiger partial charge in [-0.3, -0.25) is 9.20 Å². The van der Waals surface area contributed by atoms with Gasteiger partial charge in [-0.1, -0.05) is 12.1 Å². The van der Waals surface area contributed by atoms with Crippen molar-refractivity contribution in [1.82, 2.24) is 25.0 Å². The van der Waals surface area contributed by atoms with E-state index in [0.29, 0.717) is 34.6 Å². The Hall–Kier alpha value is -3.26. The number of imidazole rings is 1. The van der Waals surface area contributed by atoms with Crippen molar-refractivity contribution in [3.63, 3.8) is 0 Å². The molecular formula is C21H21FN6O. The fourth-order valence-electron chi connectivity index (χ4n) is 3.99. The molecule has 1 aromatic carbocycles. The second-order valence-corrected chi connectivity index (χ2v) is 7.19. The quantitative estimate of drug-likeness (QED) is 0.548. The van der Waals surface area contributed by atoms with Crippen molar-refractivity contribution in [3.05, 3.63) is 47.8 Å². The molecular weight excluding hydrogens is 371 g/mol. The highest BCUT2D eigenvalue weighted by atomic mass is 19.1. The van der Waals surface area contributed by atoms with Gasteiger partial charge in [-0.25, -0.2) is 14.4 Å². The predicted octanol–water partition coefficient (Wildman–Crippen LogP) is 2.33. The number of halogens is 1. The minimum absolute atomic E-state index is 0.268. The van der Waals surface area contributed by atoms with Gasteiger partial charge >= 0.3 is 0 Å². The van der Waals surface area contributed by atoms with E-state index in [1.54, 1.807) is 13.1 Å². The highest BCUT2D eigenvalue weighted by molar-refractivity contribution is 6.05. The van der Waals surface area contributed by atoms with Crippen LogP contribution >= 0.6 is 0 Å². The number of amides is 1. The number of hydrogen-bond donors (Lipinski definition) is 2. The maximum absolute atomic E-state index is 15.0. The molecule has 0 bridgehead atoms.